The summed E-state index contributed by atoms with van der Waals surface area (Å²) in [6, 6.07) is -0.0706. The first-order valence-corrected chi connectivity index (χ1v) is 16.8. The smallest absolute Gasteiger partial charge is 0.380 e. The lowest BCUT2D eigenvalue weighted by molar-refractivity contribution is -0.870. The van der Waals surface area contributed by atoms with E-state index in [1.807, 2.05) is 35.1 Å². The number of unbranched alkanes of at least 4 members (excludes halogenated alkanes) is 15. The number of hydrogen-bond acceptors (Lipinski definition) is 5. The molecule has 2 unspecified atom stereocenters. The topological polar surface area (TPSA) is 68.2 Å². The number of likely N-dealkylation sites (N-methyl/N-ethyl adjacent to an activating group) is 2. The third-order valence-corrected chi connectivity index (χ3v) is 7.93. The van der Waals surface area contributed by atoms with Crippen LogP contribution in [0.5, 0.6) is 0 Å². The van der Waals surface area contributed by atoms with Crippen LogP contribution in [0, 0.1) is 0 Å². The maximum atomic E-state index is 12.3. The summed E-state index contributed by atoms with van der Waals surface area (Å²) < 4.78 is 29.0. The van der Waals surface area contributed by atoms with E-state index in [0.29, 0.717) is 24.2 Å². The number of nitrogens with zero attached hydrogens (tertiary/aromatic N) is 2. The van der Waals surface area contributed by atoms with E-state index in [1.165, 1.54) is 96.3 Å². The fourth-order valence-corrected chi connectivity index (χ4v) is 5.04. The van der Waals surface area contributed by atoms with Crippen LogP contribution in [0.4, 0.5) is 0 Å². The second-order valence-corrected chi connectivity index (χ2v) is 13.2. The fourth-order valence-electron chi connectivity index (χ4n) is 4.30. The third-order valence-electron chi connectivity index (χ3n) is 6.95. The average Bonchev–Trinajstić information content (AvgIpc) is 2.82. The third kappa shape index (κ3) is 26.0. The molecule has 0 radical (unpaired) electrons. The van der Waals surface area contributed by atoms with Gasteiger partial charge in [0.1, 0.15) is 13.2 Å². The number of phosphoric ester groups is 1. The lowest BCUT2D eigenvalue weighted by Gasteiger charge is -2.28. The van der Waals surface area contributed by atoms with Crippen LogP contribution < -0.4 is 0 Å². The molecule has 7 nitrogen and oxygen atoms in total. The molecule has 0 amide bonds. The molecule has 0 saturated heterocycles. The molecule has 0 aromatic heterocycles. The van der Waals surface area contributed by atoms with Crippen molar-refractivity contribution in [2.24, 2.45) is 0 Å². The van der Waals surface area contributed by atoms with Crippen LogP contribution in [-0.4, -0.2) is 88.0 Å². The van der Waals surface area contributed by atoms with Crippen molar-refractivity contribution in [1.29, 1.82) is 0 Å². The number of quaternary nitrogens is 1. The maximum absolute atomic E-state index is 12.3. The molecule has 0 aliphatic rings. The SMILES string of the molecule is CCCCCCCCCCCCCCCCCCN(C)C(COCC)COP(=O)(O)OCC[N+](C)(C)C. The zero-order valence-corrected chi connectivity index (χ0v) is 26.4. The van der Waals surface area contributed by atoms with Gasteiger partial charge in [-0.2, -0.15) is 0 Å². The first-order valence-electron chi connectivity index (χ1n) is 15.3. The monoisotopic (exact) mass is 551 g/mol. The molecule has 0 rings (SSSR count). The Kier molecular flexibility index (Phi) is 23.8. The summed E-state index contributed by atoms with van der Waals surface area (Å²) in [5, 5.41) is 0. The highest BCUT2D eigenvalue weighted by Crippen LogP contribution is 2.43. The number of ether oxygens (including phenoxy) is 1. The van der Waals surface area contributed by atoms with E-state index in [0.717, 1.165) is 13.0 Å². The Morgan fingerprint density at radius 3 is 1.62 bits per heavy atom. The summed E-state index contributed by atoms with van der Waals surface area (Å²) in [5.41, 5.74) is 0. The Morgan fingerprint density at radius 2 is 1.19 bits per heavy atom. The molecule has 0 aliphatic heterocycles. The first kappa shape index (κ1) is 37.0. The van der Waals surface area contributed by atoms with Crippen LogP contribution in [0.25, 0.3) is 0 Å². The molecule has 0 spiro atoms. The Bertz CT molecular complexity index is 545. The first-order chi connectivity index (χ1) is 17.6. The minimum Gasteiger partial charge on any atom is -0.380 e. The van der Waals surface area contributed by atoms with E-state index >= 15 is 0 Å². The van der Waals surface area contributed by atoms with Crippen molar-refractivity contribution in [2.75, 3.05) is 67.7 Å². The maximum Gasteiger partial charge on any atom is 0.472 e. The second-order valence-electron chi connectivity index (χ2n) is 11.7. The lowest BCUT2D eigenvalue weighted by Crippen LogP contribution is -2.40. The summed E-state index contributed by atoms with van der Waals surface area (Å²) in [6.07, 6.45) is 21.8. The standard InChI is InChI=1S/C29H63N2O5P/c1-7-9-10-11-12-13-14-15-16-17-18-19-20-21-22-23-24-30(3)29(27-34-8-2)28-36-37(32,33)35-26-25-31(4,5)6/h29H,7-28H2,1-6H3/p+1. The minimum atomic E-state index is -4.06. The van der Waals surface area contributed by atoms with Gasteiger partial charge in [-0.25, -0.2) is 4.57 Å². The van der Waals surface area contributed by atoms with Gasteiger partial charge >= 0.3 is 7.82 Å². The van der Waals surface area contributed by atoms with Gasteiger partial charge in [0.05, 0.1) is 40.4 Å². The van der Waals surface area contributed by atoms with Gasteiger partial charge in [-0.1, -0.05) is 103 Å². The molecule has 224 valence electrons. The van der Waals surface area contributed by atoms with Gasteiger partial charge in [-0.05, 0) is 26.9 Å². The number of phosphoric acid groups is 1. The lowest BCUT2D eigenvalue weighted by atomic mass is 10.0. The quantitative estimate of drug-likeness (QED) is 0.0620. The van der Waals surface area contributed by atoms with Crippen molar-refractivity contribution >= 4 is 7.82 Å². The Morgan fingerprint density at radius 1 is 0.730 bits per heavy atom. The van der Waals surface area contributed by atoms with Crippen LogP contribution >= 0.6 is 7.82 Å². The van der Waals surface area contributed by atoms with Crippen molar-refractivity contribution < 1.29 is 27.7 Å². The van der Waals surface area contributed by atoms with Crippen LogP contribution in [0.1, 0.15) is 117 Å². The van der Waals surface area contributed by atoms with Crippen LogP contribution in [-0.2, 0) is 18.3 Å². The van der Waals surface area contributed by atoms with Crippen LogP contribution in [0.15, 0.2) is 0 Å². The van der Waals surface area contributed by atoms with Crippen LogP contribution in [0.3, 0.4) is 0 Å². The van der Waals surface area contributed by atoms with E-state index in [-0.39, 0.29) is 19.3 Å². The van der Waals surface area contributed by atoms with Gasteiger partial charge in [0.2, 0.25) is 0 Å². The summed E-state index contributed by atoms with van der Waals surface area (Å²) in [5.74, 6) is 0. The Hall–Kier alpha value is -0.0100. The number of hydrogen-bond donors (Lipinski definition) is 1. The molecule has 37 heavy (non-hydrogen) atoms. The molecule has 1 N–H and O–H groups in total. The molecule has 2 atom stereocenters. The highest BCUT2D eigenvalue weighted by atomic mass is 31.2. The van der Waals surface area contributed by atoms with Crippen molar-refractivity contribution in [3.63, 3.8) is 0 Å². The number of rotatable bonds is 28. The van der Waals surface area contributed by atoms with Gasteiger partial charge < -0.3 is 14.1 Å². The molecule has 0 heterocycles. The summed E-state index contributed by atoms with van der Waals surface area (Å²) >= 11 is 0. The zero-order chi connectivity index (χ0) is 27.8. The molecule has 0 saturated carbocycles. The molecular weight excluding hydrogens is 487 g/mol. The highest BCUT2D eigenvalue weighted by Gasteiger charge is 2.26. The molecule has 0 aliphatic carbocycles. The van der Waals surface area contributed by atoms with E-state index < -0.39 is 7.82 Å². The summed E-state index contributed by atoms with van der Waals surface area (Å²) in [4.78, 5) is 12.2. The zero-order valence-electron chi connectivity index (χ0n) is 25.6. The van der Waals surface area contributed by atoms with E-state index in [4.69, 9.17) is 13.8 Å². The van der Waals surface area contributed by atoms with Crippen molar-refractivity contribution in [3.05, 3.63) is 0 Å². The van der Waals surface area contributed by atoms with E-state index in [2.05, 4.69) is 11.8 Å². The van der Waals surface area contributed by atoms with Gasteiger partial charge in [0, 0.05) is 6.61 Å². The van der Waals surface area contributed by atoms with Crippen molar-refractivity contribution in [3.8, 4) is 0 Å². The van der Waals surface area contributed by atoms with Gasteiger partial charge in [0.15, 0.2) is 0 Å². The molecule has 0 aromatic rings. The predicted molar refractivity (Wildman–Crippen MR) is 157 cm³/mol. The van der Waals surface area contributed by atoms with E-state index in [1.54, 1.807) is 0 Å². The highest BCUT2D eigenvalue weighted by molar-refractivity contribution is 7.47. The fraction of sp³-hybridized carbons (Fsp3) is 1.00. The molecule has 0 bridgehead atoms. The largest absolute Gasteiger partial charge is 0.472 e. The summed E-state index contributed by atoms with van der Waals surface area (Å²) in [6.45, 7) is 7.19. The molecule has 0 aromatic carbocycles. The van der Waals surface area contributed by atoms with Gasteiger partial charge in [-0.15, -0.1) is 0 Å². The molecular formula is C29H64N2O5P+. The van der Waals surface area contributed by atoms with Gasteiger partial charge in [0.25, 0.3) is 0 Å². The van der Waals surface area contributed by atoms with Crippen molar-refractivity contribution in [2.45, 2.75) is 123 Å². The Balaban J connectivity index is 3.87. The minimum absolute atomic E-state index is 0.0706. The average molecular weight is 552 g/mol. The summed E-state index contributed by atoms with van der Waals surface area (Å²) in [7, 11) is 4.02. The predicted octanol–water partition coefficient (Wildman–Crippen LogP) is 7.42. The molecule has 0 fully saturated rings. The Labute approximate surface area is 230 Å². The van der Waals surface area contributed by atoms with Crippen LogP contribution in [0.2, 0.25) is 0 Å². The van der Waals surface area contributed by atoms with Crippen molar-refractivity contribution in [1.82, 2.24) is 4.90 Å². The normalized spacial score (nSPS) is 14.8. The second kappa shape index (κ2) is 23.8. The van der Waals surface area contributed by atoms with Gasteiger partial charge in [-0.3, -0.25) is 13.9 Å². The van der Waals surface area contributed by atoms with E-state index in [9.17, 15) is 9.46 Å². The molecule has 8 heteroatoms.